The predicted octanol–water partition coefficient (Wildman–Crippen LogP) is 1.27. The molecule has 15 heavy (non-hydrogen) atoms. The number of halogens is 1. The summed E-state index contributed by atoms with van der Waals surface area (Å²) in [4.78, 5) is 11.3. The average Bonchev–Trinajstić information content (AvgIpc) is 2.19. The number of ether oxygens (including phenoxy) is 1. The Morgan fingerprint density at radius 3 is 2.80 bits per heavy atom. The Labute approximate surface area is 91.2 Å². The highest BCUT2D eigenvalue weighted by molar-refractivity contribution is 7.80. The molecule has 80 valence electrons. The fraction of sp³-hybridized carbons (Fsp3) is 0.111. The van der Waals surface area contributed by atoms with E-state index in [1.54, 1.807) is 0 Å². The lowest BCUT2D eigenvalue weighted by Crippen LogP contribution is -2.21. The van der Waals surface area contributed by atoms with E-state index >= 15 is 0 Å². The Kier molecular flexibility index (Phi) is 3.56. The number of benzene rings is 1. The van der Waals surface area contributed by atoms with E-state index in [1.165, 1.54) is 19.2 Å². The monoisotopic (exact) mass is 228 g/mol. The molecule has 1 aromatic rings. The maximum absolute atomic E-state index is 12.9. The van der Waals surface area contributed by atoms with Gasteiger partial charge in [0, 0.05) is 0 Å². The van der Waals surface area contributed by atoms with E-state index in [0.29, 0.717) is 5.69 Å². The summed E-state index contributed by atoms with van der Waals surface area (Å²) in [5, 5.41) is 2.55. The van der Waals surface area contributed by atoms with Gasteiger partial charge in [-0.05, 0) is 30.4 Å². The maximum Gasteiger partial charge on any atom is 0.340 e. The first-order valence-corrected chi connectivity index (χ1v) is 4.39. The number of esters is 1. The minimum Gasteiger partial charge on any atom is -0.465 e. The Balaban J connectivity index is 3.14. The van der Waals surface area contributed by atoms with Crippen LogP contribution in [0.25, 0.3) is 0 Å². The number of rotatable bonds is 2. The van der Waals surface area contributed by atoms with E-state index in [0.717, 1.165) is 6.07 Å². The molecule has 0 amide bonds. The second-order valence-electron chi connectivity index (χ2n) is 2.67. The third-order valence-electron chi connectivity index (χ3n) is 1.64. The number of hydrogen-bond acceptors (Lipinski definition) is 3. The van der Waals surface area contributed by atoms with Crippen molar-refractivity contribution in [2.75, 3.05) is 12.4 Å². The number of methoxy groups -OCH3 is 1. The van der Waals surface area contributed by atoms with Gasteiger partial charge in [0.25, 0.3) is 0 Å². The summed E-state index contributed by atoms with van der Waals surface area (Å²) >= 11 is 4.61. The van der Waals surface area contributed by atoms with Crippen molar-refractivity contribution in [3.05, 3.63) is 29.6 Å². The lowest BCUT2D eigenvalue weighted by atomic mass is 10.1. The molecule has 6 heteroatoms. The van der Waals surface area contributed by atoms with Gasteiger partial charge in [-0.1, -0.05) is 0 Å². The molecule has 0 heterocycles. The molecule has 1 rings (SSSR count). The third kappa shape index (κ3) is 2.88. The van der Waals surface area contributed by atoms with Crippen LogP contribution in [0.4, 0.5) is 10.1 Å². The van der Waals surface area contributed by atoms with Crippen LogP contribution in [-0.4, -0.2) is 18.2 Å². The highest BCUT2D eigenvalue weighted by atomic mass is 32.1. The Bertz CT molecular complexity index is 409. The Morgan fingerprint density at radius 1 is 1.60 bits per heavy atom. The lowest BCUT2D eigenvalue weighted by molar-refractivity contribution is 0.0601. The van der Waals surface area contributed by atoms with Crippen LogP contribution in [0.5, 0.6) is 0 Å². The Morgan fingerprint density at radius 2 is 2.27 bits per heavy atom. The minimum atomic E-state index is -0.659. The number of thiocarbonyl (C=S) groups is 1. The summed E-state index contributed by atoms with van der Waals surface area (Å²) in [5.41, 5.74) is 5.61. The van der Waals surface area contributed by atoms with E-state index in [4.69, 9.17) is 5.73 Å². The molecule has 4 nitrogen and oxygen atoms in total. The summed E-state index contributed by atoms with van der Waals surface area (Å²) in [7, 11) is 1.21. The van der Waals surface area contributed by atoms with Gasteiger partial charge in [-0.25, -0.2) is 9.18 Å². The van der Waals surface area contributed by atoms with Gasteiger partial charge in [0.05, 0.1) is 18.4 Å². The maximum atomic E-state index is 12.9. The van der Waals surface area contributed by atoms with Crippen molar-refractivity contribution in [3.63, 3.8) is 0 Å². The topological polar surface area (TPSA) is 64.3 Å². The average molecular weight is 228 g/mol. The molecule has 3 N–H and O–H groups in total. The first-order chi connectivity index (χ1) is 7.04. The number of carbonyl (C=O) groups excluding carboxylic acids is 1. The first kappa shape index (κ1) is 11.4. The molecule has 0 aliphatic heterocycles. The van der Waals surface area contributed by atoms with Crippen molar-refractivity contribution in [2.45, 2.75) is 0 Å². The summed E-state index contributed by atoms with van der Waals surface area (Å²) in [5.74, 6) is -1.20. The predicted molar refractivity (Wildman–Crippen MR) is 58.1 cm³/mol. The van der Waals surface area contributed by atoms with Crippen LogP contribution in [0, 0.1) is 5.82 Å². The summed E-state index contributed by atoms with van der Waals surface area (Å²) in [6, 6.07) is 3.60. The molecule has 1 aromatic carbocycles. The van der Waals surface area contributed by atoms with Crippen molar-refractivity contribution in [3.8, 4) is 0 Å². The van der Waals surface area contributed by atoms with Crippen LogP contribution in [-0.2, 0) is 4.74 Å². The minimum absolute atomic E-state index is 0.00763. The molecule has 0 bridgehead atoms. The molecule has 0 spiro atoms. The van der Waals surface area contributed by atoms with Crippen molar-refractivity contribution in [1.29, 1.82) is 0 Å². The quantitative estimate of drug-likeness (QED) is 0.589. The van der Waals surface area contributed by atoms with Gasteiger partial charge in [0.1, 0.15) is 5.82 Å². The molecular weight excluding hydrogens is 219 g/mol. The van der Waals surface area contributed by atoms with Crippen LogP contribution < -0.4 is 11.1 Å². The number of carbonyl (C=O) groups is 1. The van der Waals surface area contributed by atoms with Gasteiger partial charge in [0.15, 0.2) is 5.11 Å². The van der Waals surface area contributed by atoms with Crippen LogP contribution in [0.1, 0.15) is 10.4 Å². The summed E-state index contributed by atoms with van der Waals surface area (Å²) in [6.45, 7) is 0. The Hall–Kier alpha value is -1.69. The van der Waals surface area contributed by atoms with Crippen molar-refractivity contribution in [1.82, 2.24) is 0 Å². The van der Waals surface area contributed by atoms with Gasteiger partial charge >= 0.3 is 5.97 Å². The van der Waals surface area contributed by atoms with E-state index in [2.05, 4.69) is 22.3 Å². The van der Waals surface area contributed by atoms with E-state index in [9.17, 15) is 9.18 Å². The smallest absolute Gasteiger partial charge is 0.340 e. The van der Waals surface area contributed by atoms with Crippen molar-refractivity contribution < 1.29 is 13.9 Å². The zero-order valence-corrected chi connectivity index (χ0v) is 8.73. The van der Waals surface area contributed by atoms with E-state index in [1.807, 2.05) is 0 Å². The molecule has 0 aliphatic carbocycles. The van der Waals surface area contributed by atoms with Gasteiger partial charge in [-0.3, -0.25) is 0 Å². The van der Waals surface area contributed by atoms with Gasteiger partial charge in [-0.15, -0.1) is 0 Å². The summed E-state index contributed by atoms with van der Waals surface area (Å²) in [6.07, 6.45) is 0. The second-order valence-corrected chi connectivity index (χ2v) is 3.11. The van der Waals surface area contributed by atoms with Gasteiger partial charge in [-0.2, -0.15) is 0 Å². The molecule has 0 saturated heterocycles. The van der Waals surface area contributed by atoms with Crippen molar-refractivity contribution in [2.24, 2.45) is 5.73 Å². The zero-order chi connectivity index (χ0) is 11.4. The molecule has 0 unspecified atom stereocenters. The lowest BCUT2D eigenvalue weighted by Gasteiger charge is -2.08. The third-order valence-corrected chi connectivity index (χ3v) is 1.75. The molecule has 0 fully saturated rings. The molecule has 0 atom stereocenters. The normalized spacial score (nSPS) is 9.47. The fourth-order valence-corrected chi connectivity index (χ4v) is 1.15. The van der Waals surface area contributed by atoms with E-state index in [-0.39, 0.29) is 10.7 Å². The molecule has 0 radical (unpaired) electrons. The molecule has 0 aliphatic rings. The summed E-state index contributed by atoms with van der Waals surface area (Å²) < 4.78 is 17.4. The fourth-order valence-electron chi connectivity index (χ4n) is 1.04. The highest BCUT2D eigenvalue weighted by Gasteiger charge is 2.13. The highest BCUT2D eigenvalue weighted by Crippen LogP contribution is 2.17. The standard InChI is InChI=1S/C9H9FN2O2S/c1-14-8(13)6-4-5(10)2-3-7(6)12-9(11)15/h2-4H,1H3,(H3,11,12,15). The van der Waals surface area contributed by atoms with Crippen molar-refractivity contribution >= 4 is 29.0 Å². The number of anilines is 1. The number of nitrogens with one attached hydrogen (secondary N) is 1. The zero-order valence-electron chi connectivity index (χ0n) is 7.91. The molecular formula is C9H9FN2O2S. The number of nitrogens with two attached hydrogens (primary N) is 1. The molecule has 0 saturated carbocycles. The van der Waals surface area contributed by atoms with Crippen LogP contribution in [0.3, 0.4) is 0 Å². The second kappa shape index (κ2) is 4.70. The molecule has 0 aromatic heterocycles. The largest absolute Gasteiger partial charge is 0.465 e. The van der Waals surface area contributed by atoms with Crippen LogP contribution in [0.2, 0.25) is 0 Å². The van der Waals surface area contributed by atoms with Crippen LogP contribution >= 0.6 is 12.2 Å². The SMILES string of the molecule is COC(=O)c1cc(F)ccc1NC(N)=S. The first-order valence-electron chi connectivity index (χ1n) is 3.99. The van der Waals surface area contributed by atoms with E-state index < -0.39 is 11.8 Å². The number of hydrogen-bond donors (Lipinski definition) is 2. The van der Waals surface area contributed by atoms with Gasteiger partial charge in [0.2, 0.25) is 0 Å². The van der Waals surface area contributed by atoms with Crippen LogP contribution in [0.15, 0.2) is 18.2 Å². The van der Waals surface area contributed by atoms with Gasteiger partial charge < -0.3 is 15.8 Å².